The Morgan fingerprint density at radius 2 is 0.470 bits per heavy atom. The van der Waals surface area contributed by atoms with E-state index in [-0.39, 0.29) is 37.5 Å². The largest absolute Gasteiger partial charge is 0.462 e. The van der Waals surface area contributed by atoms with E-state index in [2.05, 4.69) is 130 Å². The molecule has 0 bridgehead atoms. The molecule has 0 rings (SSSR count). The van der Waals surface area contributed by atoms with Crippen LogP contribution in [0.2, 0.25) is 0 Å². The fraction of sp³-hybridized carbons (Fsp3) is 0.727. The van der Waals surface area contributed by atoms with E-state index in [9.17, 15) is 14.4 Å². The van der Waals surface area contributed by atoms with Gasteiger partial charge in [-0.25, -0.2) is 0 Å². The predicted octanol–water partition coefficient (Wildman–Crippen LogP) is 24.6. The van der Waals surface area contributed by atoms with Crippen molar-refractivity contribution in [2.75, 3.05) is 13.2 Å². The number of carbonyl (C=O) groups is 3. The fourth-order valence-electron chi connectivity index (χ4n) is 9.99. The topological polar surface area (TPSA) is 78.9 Å². The number of ether oxygens (including phenoxy) is 3. The molecule has 0 amide bonds. The maximum absolute atomic E-state index is 13.0. The Bertz CT molecular complexity index is 1660. The standard InChI is InChI=1S/C77H132O6/c1-4-7-10-13-16-19-22-25-28-31-34-37-38-41-43-46-49-52-55-58-61-64-67-70-76(79)82-73-74(83-77(80)71-68-65-62-59-56-53-50-47-44-40-36-33-30-27-24-21-18-15-12-9-6-3)72-81-75(78)69-66-63-60-57-54-51-48-45-42-39-35-32-29-26-23-20-17-14-11-8-5-2/h9,12,18,21-22,25,27,30-31,34,36,38,40-41,47,50,56,59,74H,4-8,10-11,13-17,19-20,23-24,26,28-29,32-33,35,37,39,42-46,48-49,51-55,57-58,60-73H2,1-3H3/b12-9-,21-18-,25-22-,30-27-,34-31-,40-36-,41-38-,50-47-,59-56-. The summed E-state index contributed by atoms with van der Waals surface area (Å²) in [6.45, 7) is 6.52. The molecule has 1 atom stereocenters. The highest BCUT2D eigenvalue weighted by Crippen LogP contribution is 2.17. The van der Waals surface area contributed by atoms with E-state index in [1.54, 1.807) is 0 Å². The van der Waals surface area contributed by atoms with Crippen molar-refractivity contribution in [1.82, 2.24) is 0 Å². The summed E-state index contributed by atoms with van der Waals surface area (Å²) in [4.78, 5) is 38.5. The molecule has 0 radical (unpaired) electrons. The molecule has 6 heteroatoms. The average Bonchev–Trinajstić information content (AvgIpc) is 3.49. The predicted molar refractivity (Wildman–Crippen MR) is 362 cm³/mol. The summed E-state index contributed by atoms with van der Waals surface area (Å²) in [6.07, 6.45) is 96.8. The van der Waals surface area contributed by atoms with Gasteiger partial charge in [0.1, 0.15) is 13.2 Å². The second-order valence-electron chi connectivity index (χ2n) is 23.4. The zero-order valence-electron chi connectivity index (χ0n) is 54.7. The van der Waals surface area contributed by atoms with Gasteiger partial charge >= 0.3 is 17.9 Å². The molecule has 1 unspecified atom stereocenters. The second-order valence-corrected chi connectivity index (χ2v) is 23.4. The van der Waals surface area contributed by atoms with Crippen LogP contribution in [0.3, 0.4) is 0 Å². The van der Waals surface area contributed by atoms with Crippen LogP contribution in [0.1, 0.15) is 342 Å². The van der Waals surface area contributed by atoms with Gasteiger partial charge in [-0.3, -0.25) is 14.4 Å². The first-order valence-corrected chi connectivity index (χ1v) is 35.4. The number of allylic oxidation sites excluding steroid dienone is 18. The average molecular weight is 1150 g/mol. The van der Waals surface area contributed by atoms with Crippen molar-refractivity contribution >= 4 is 17.9 Å². The van der Waals surface area contributed by atoms with Crippen molar-refractivity contribution in [2.45, 2.75) is 348 Å². The summed E-state index contributed by atoms with van der Waals surface area (Å²) >= 11 is 0. The Kier molecular flexibility index (Phi) is 67.2. The van der Waals surface area contributed by atoms with Crippen molar-refractivity contribution < 1.29 is 28.6 Å². The highest BCUT2D eigenvalue weighted by atomic mass is 16.6. The Labute approximate surface area is 514 Å². The molecule has 0 aromatic carbocycles. The molecule has 0 saturated carbocycles. The summed E-state index contributed by atoms with van der Waals surface area (Å²) in [6, 6.07) is 0. The fourth-order valence-corrected chi connectivity index (χ4v) is 9.99. The molecular formula is C77H132O6. The van der Waals surface area contributed by atoms with Gasteiger partial charge in [0.25, 0.3) is 0 Å². The number of hydrogen-bond acceptors (Lipinski definition) is 6. The van der Waals surface area contributed by atoms with Crippen LogP contribution >= 0.6 is 0 Å². The smallest absolute Gasteiger partial charge is 0.306 e. The molecule has 0 aliphatic heterocycles. The van der Waals surface area contributed by atoms with E-state index < -0.39 is 6.10 Å². The summed E-state index contributed by atoms with van der Waals surface area (Å²) in [5.41, 5.74) is 0. The number of esters is 3. The van der Waals surface area contributed by atoms with Crippen LogP contribution in [0.5, 0.6) is 0 Å². The first kappa shape index (κ1) is 79.1. The van der Waals surface area contributed by atoms with Gasteiger partial charge in [-0.2, -0.15) is 0 Å². The van der Waals surface area contributed by atoms with Gasteiger partial charge in [-0.1, -0.05) is 323 Å². The lowest BCUT2D eigenvalue weighted by Crippen LogP contribution is -2.30. The molecule has 0 aliphatic carbocycles. The molecule has 0 N–H and O–H groups in total. The van der Waals surface area contributed by atoms with Crippen LogP contribution < -0.4 is 0 Å². The summed E-state index contributed by atoms with van der Waals surface area (Å²) in [7, 11) is 0. The lowest BCUT2D eigenvalue weighted by molar-refractivity contribution is -0.167. The highest BCUT2D eigenvalue weighted by molar-refractivity contribution is 5.71. The quantitative estimate of drug-likeness (QED) is 0.0261. The zero-order valence-corrected chi connectivity index (χ0v) is 54.7. The first-order valence-electron chi connectivity index (χ1n) is 35.4. The van der Waals surface area contributed by atoms with Crippen LogP contribution in [0.25, 0.3) is 0 Å². The third-order valence-electron chi connectivity index (χ3n) is 15.3. The van der Waals surface area contributed by atoms with Crippen LogP contribution in [0.15, 0.2) is 109 Å². The van der Waals surface area contributed by atoms with Gasteiger partial charge in [-0.15, -0.1) is 0 Å². The molecule has 476 valence electrons. The number of unbranched alkanes of at least 4 members (excludes halogenated alkanes) is 35. The van der Waals surface area contributed by atoms with Crippen molar-refractivity contribution in [3.8, 4) is 0 Å². The van der Waals surface area contributed by atoms with Gasteiger partial charge in [0.15, 0.2) is 6.10 Å². The summed E-state index contributed by atoms with van der Waals surface area (Å²) in [5, 5.41) is 0. The molecule has 0 aliphatic rings. The molecule has 0 aromatic rings. The summed E-state index contributed by atoms with van der Waals surface area (Å²) in [5.74, 6) is -0.933. The van der Waals surface area contributed by atoms with Crippen LogP contribution in [-0.2, 0) is 28.6 Å². The third-order valence-corrected chi connectivity index (χ3v) is 15.3. The highest BCUT2D eigenvalue weighted by Gasteiger charge is 2.19. The minimum Gasteiger partial charge on any atom is -0.462 e. The van der Waals surface area contributed by atoms with Crippen molar-refractivity contribution in [3.63, 3.8) is 0 Å². The number of carbonyl (C=O) groups excluding carboxylic acids is 3. The number of rotatable bonds is 64. The lowest BCUT2D eigenvalue weighted by Gasteiger charge is -2.18. The van der Waals surface area contributed by atoms with E-state index in [4.69, 9.17) is 14.2 Å². The molecule has 0 aromatic heterocycles. The van der Waals surface area contributed by atoms with E-state index in [1.165, 1.54) is 186 Å². The minimum absolute atomic E-state index is 0.0965. The van der Waals surface area contributed by atoms with E-state index >= 15 is 0 Å². The Morgan fingerprint density at radius 1 is 0.253 bits per heavy atom. The Morgan fingerprint density at radius 3 is 0.759 bits per heavy atom. The van der Waals surface area contributed by atoms with Gasteiger partial charge in [-0.05, 0) is 109 Å². The van der Waals surface area contributed by atoms with Crippen LogP contribution in [0, 0.1) is 0 Å². The van der Waals surface area contributed by atoms with E-state index in [0.717, 1.165) is 109 Å². The molecule has 0 spiro atoms. The van der Waals surface area contributed by atoms with Crippen molar-refractivity contribution in [2.24, 2.45) is 0 Å². The zero-order chi connectivity index (χ0) is 59.9. The molecule has 6 nitrogen and oxygen atoms in total. The SMILES string of the molecule is CC/C=C\C/C=C\C/C=C\C/C=C\C/C=C\C/C=C\CCCCC(=O)OC(COC(=O)CCCCCCCCCC/C=C\C/C=C\C/C=C\CCCCCCC)COC(=O)CCCCCCCCCCCCCCCCCCCCCCC. The van der Waals surface area contributed by atoms with Crippen molar-refractivity contribution in [1.29, 1.82) is 0 Å². The Hall–Kier alpha value is -3.93. The lowest BCUT2D eigenvalue weighted by atomic mass is 10.0. The van der Waals surface area contributed by atoms with Gasteiger partial charge in [0.05, 0.1) is 0 Å². The monoisotopic (exact) mass is 1150 g/mol. The molecule has 0 fully saturated rings. The van der Waals surface area contributed by atoms with E-state index in [1.807, 2.05) is 0 Å². The van der Waals surface area contributed by atoms with Crippen molar-refractivity contribution in [3.05, 3.63) is 109 Å². The maximum Gasteiger partial charge on any atom is 0.306 e. The van der Waals surface area contributed by atoms with Gasteiger partial charge in [0.2, 0.25) is 0 Å². The third kappa shape index (κ3) is 68.7. The van der Waals surface area contributed by atoms with E-state index in [0.29, 0.717) is 19.3 Å². The summed E-state index contributed by atoms with van der Waals surface area (Å²) < 4.78 is 17.0. The normalized spacial score (nSPS) is 12.8. The minimum atomic E-state index is -0.808. The molecule has 0 saturated heterocycles. The second kappa shape index (κ2) is 70.6. The van der Waals surface area contributed by atoms with Crippen LogP contribution in [-0.4, -0.2) is 37.2 Å². The Balaban J connectivity index is 4.45. The van der Waals surface area contributed by atoms with Crippen LogP contribution in [0.4, 0.5) is 0 Å². The number of hydrogen-bond donors (Lipinski definition) is 0. The van der Waals surface area contributed by atoms with Gasteiger partial charge < -0.3 is 14.2 Å². The molecule has 0 heterocycles. The molecular weight excluding hydrogens is 1020 g/mol. The molecule has 83 heavy (non-hydrogen) atoms. The maximum atomic E-state index is 13.0. The first-order chi connectivity index (χ1) is 41.0. The van der Waals surface area contributed by atoms with Gasteiger partial charge in [0, 0.05) is 19.3 Å².